The normalized spacial score (nSPS) is 12.6. The first-order valence-electron chi connectivity index (χ1n) is 7.04. The minimum Gasteiger partial charge on any atom is -0.396 e. The molecule has 20 heavy (non-hydrogen) atoms. The van der Waals surface area contributed by atoms with Gasteiger partial charge in [-0.25, -0.2) is 4.98 Å². The molecule has 0 radical (unpaired) electrons. The molecule has 0 amide bonds. The molecule has 7 nitrogen and oxygen atoms in total. The van der Waals surface area contributed by atoms with Crippen LogP contribution in [0.2, 0.25) is 0 Å². The summed E-state index contributed by atoms with van der Waals surface area (Å²) >= 11 is 0. The molecule has 0 fully saturated rings. The molecule has 2 rings (SSSR count). The minimum atomic E-state index is 0.239. The molecular formula is C13H22N6O. The molecule has 0 aliphatic carbocycles. The van der Waals surface area contributed by atoms with E-state index in [2.05, 4.69) is 30.6 Å². The first-order valence-corrected chi connectivity index (χ1v) is 7.04. The maximum atomic E-state index is 9.00. The number of aromatic amines is 1. The largest absolute Gasteiger partial charge is 0.396 e. The van der Waals surface area contributed by atoms with Crippen molar-refractivity contribution < 1.29 is 5.11 Å². The number of aliphatic hydroxyl groups excluding tert-OH is 1. The molecule has 0 aliphatic heterocycles. The lowest BCUT2D eigenvalue weighted by molar-refractivity contribution is 0.229. The van der Waals surface area contributed by atoms with Crippen molar-refractivity contribution >= 4 is 22.9 Å². The highest BCUT2D eigenvalue weighted by Gasteiger charge is 2.09. The van der Waals surface area contributed by atoms with Crippen molar-refractivity contribution in [3.8, 4) is 0 Å². The van der Waals surface area contributed by atoms with E-state index in [0.717, 1.165) is 37.3 Å². The van der Waals surface area contributed by atoms with Gasteiger partial charge < -0.3 is 20.7 Å². The quantitative estimate of drug-likeness (QED) is 0.547. The number of aromatic nitrogens is 4. The van der Waals surface area contributed by atoms with Gasteiger partial charge in [0.15, 0.2) is 11.5 Å². The highest BCUT2D eigenvalue weighted by molar-refractivity contribution is 5.83. The number of aliphatic hydroxyl groups is 1. The molecule has 0 spiro atoms. The van der Waals surface area contributed by atoms with Crippen molar-refractivity contribution in [1.82, 2.24) is 19.9 Å². The van der Waals surface area contributed by atoms with Gasteiger partial charge in [0.1, 0.15) is 5.52 Å². The van der Waals surface area contributed by atoms with E-state index in [1.807, 2.05) is 13.8 Å². The molecule has 1 atom stereocenters. The fourth-order valence-electron chi connectivity index (χ4n) is 1.95. The van der Waals surface area contributed by atoms with E-state index in [4.69, 9.17) is 5.11 Å². The molecule has 2 aromatic heterocycles. The summed E-state index contributed by atoms with van der Waals surface area (Å²) in [6.45, 7) is 5.86. The third-order valence-electron chi connectivity index (χ3n) is 3.10. The van der Waals surface area contributed by atoms with E-state index in [0.29, 0.717) is 17.5 Å². The second-order valence-corrected chi connectivity index (χ2v) is 4.88. The van der Waals surface area contributed by atoms with Crippen molar-refractivity contribution in [3.05, 3.63) is 6.33 Å². The third kappa shape index (κ3) is 3.57. The zero-order valence-electron chi connectivity index (χ0n) is 12.0. The third-order valence-corrected chi connectivity index (χ3v) is 3.10. The fraction of sp³-hybridized carbons (Fsp3) is 0.615. The smallest absolute Gasteiger partial charge is 0.226 e. The van der Waals surface area contributed by atoms with E-state index < -0.39 is 0 Å². The molecule has 0 aromatic carbocycles. The predicted octanol–water partition coefficient (Wildman–Crippen LogP) is 1.61. The highest BCUT2D eigenvalue weighted by Crippen LogP contribution is 2.18. The molecule has 7 heteroatoms. The van der Waals surface area contributed by atoms with Crippen LogP contribution in [0.25, 0.3) is 11.2 Å². The Morgan fingerprint density at radius 3 is 2.95 bits per heavy atom. The number of nitrogens with one attached hydrogen (secondary N) is 3. The molecule has 2 aromatic rings. The number of nitrogens with zero attached hydrogens (tertiary/aromatic N) is 3. The second kappa shape index (κ2) is 7.04. The topological polar surface area (TPSA) is 98.8 Å². The van der Waals surface area contributed by atoms with Gasteiger partial charge in [-0.3, -0.25) is 0 Å². The highest BCUT2D eigenvalue weighted by atomic mass is 16.3. The molecule has 4 N–H and O–H groups in total. The van der Waals surface area contributed by atoms with Crippen molar-refractivity contribution in [2.24, 2.45) is 5.92 Å². The molecule has 0 saturated carbocycles. The number of rotatable bonds is 8. The zero-order chi connectivity index (χ0) is 14.4. The number of fused-ring (bicyclic) bond motifs is 1. The summed E-state index contributed by atoms with van der Waals surface area (Å²) in [5.74, 6) is 1.69. The Morgan fingerprint density at radius 2 is 2.20 bits per heavy atom. The minimum absolute atomic E-state index is 0.239. The SMILES string of the molecule is CCNc1nc(NCCCC(C)CO)c2[nH]cnc2n1. The standard InChI is InChI=1S/C13H22N6O/c1-3-14-13-18-11(10-12(19-13)17-8-16-10)15-6-4-5-9(2)7-20/h8-9,20H,3-7H2,1-2H3,(H3,14,15,16,17,18,19). The Bertz CT molecular complexity index is 541. The van der Waals surface area contributed by atoms with E-state index >= 15 is 0 Å². The average Bonchev–Trinajstić information content (AvgIpc) is 2.91. The molecule has 110 valence electrons. The monoisotopic (exact) mass is 278 g/mol. The van der Waals surface area contributed by atoms with Gasteiger partial charge in [-0.15, -0.1) is 0 Å². The summed E-state index contributed by atoms with van der Waals surface area (Å²) < 4.78 is 0. The number of hydrogen-bond donors (Lipinski definition) is 4. The Balaban J connectivity index is 2.02. The number of imidazole rings is 1. The first kappa shape index (κ1) is 14.5. The number of hydrogen-bond acceptors (Lipinski definition) is 6. The van der Waals surface area contributed by atoms with Gasteiger partial charge in [0, 0.05) is 19.7 Å². The van der Waals surface area contributed by atoms with Crippen LogP contribution in [-0.4, -0.2) is 44.7 Å². The van der Waals surface area contributed by atoms with Gasteiger partial charge in [-0.1, -0.05) is 6.92 Å². The average molecular weight is 278 g/mol. The predicted molar refractivity (Wildman–Crippen MR) is 79.8 cm³/mol. The van der Waals surface area contributed by atoms with Crippen molar-refractivity contribution in [1.29, 1.82) is 0 Å². The fourth-order valence-corrected chi connectivity index (χ4v) is 1.95. The van der Waals surface area contributed by atoms with Crippen LogP contribution in [0.4, 0.5) is 11.8 Å². The maximum Gasteiger partial charge on any atom is 0.226 e. The van der Waals surface area contributed by atoms with Crippen LogP contribution < -0.4 is 10.6 Å². The second-order valence-electron chi connectivity index (χ2n) is 4.88. The molecule has 0 saturated heterocycles. The van der Waals surface area contributed by atoms with Crippen LogP contribution in [0.5, 0.6) is 0 Å². The molecular weight excluding hydrogens is 256 g/mol. The summed E-state index contributed by atoms with van der Waals surface area (Å²) in [5.41, 5.74) is 1.48. The van der Waals surface area contributed by atoms with Crippen molar-refractivity contribution in [3.63, 3.8) is 0 Å². The van der Waals surface area contributed by atoms with Crippen LogP contribution in [0.15, 0.2) is 6.33 Å². The lowest BCUT2D eigenvalue weighted by atomic mass is 10.1. The summed E-state index contributed by atoms with van der Waals surface area (Å²) in [6, 6.07) is 0. The van der Waals surface area contributed by atoms with E-state index in [-0.39, 0.29) is 6.61 Å². The summed E-state index contributed by atoms with van der Waals surface area (Å²) in [5, 5.41) is 15.4. The van der Waals surface area contributed by atoms with Gasteiger partial charge in [-0.05, 0) is 25.7 Å². The molecule has 1 unspecified atom stereocenters. The van der Waals surface area contributed by atoms with Crippen molar-refractivity contribution in [2.75, 3.05) is 30.3 Å². The molecule has 2 heterocycles. The summed E-state index contributed by atoms with van der Waals surface area (Å²) in [7, 11) is 0. The van der Waals surface area contributed by atoms with E-state index in [1.54, 1.807) is 6.33 Å². The van der Waals surface area contributed by atoms with E-state index in [9.17, 15) is 0 Å². The van der Waals surface area contributed by atoms with Gasteiger partial charge in [-0.2, -0.15) is 9.97 Å². The van der Waals surface area contributed by atoms with Crippen LogP contribution in [0, 0.1) is 5.92 Å². The van der Waals surface area contributed by atoms with Crippen LogP contribution in [0.3, 0.4) is 0 Å². The summed E-state index contributed by atoms with van der Waals surface area (Å²) in [4.78, 5) is 16.0. The van der Waals surface area contributed by atoms with Gasteiger partial charge in [0.25, 0.3) is 0 Å². The lowest BCUT2D eigenvalue weighted by Gasteiger charge is -2.10. The van der Waals surface area contributed by atoms with Gasteiger partial charge in [0.2, 0.25) is 5.95 Å². The van der Waals surface area contributed by atoms with Crippen molar-refractivity contribution in [2.45, 2.75) is 26.7 Å². The molecule has 0 bridgehead atoms. The van der Waals surface area contributed by atoms with Crippen LogP contribution >= 0.6 is 0 Å². The Kier molecular flexibility index (Phi) is 5.11. The number of anilines is 2. The molecule has 0 aliphatic rings. The number of H-pyrrole nitrogens is 1. The van der Waals surface area contributed by atoms with Gasteiger partial charge in [0.05, 0.1) is 6.33 Å². The maximum absolute atomic E-state index is 9.00. The Labute approximate surface area is 118 Å². The van der Waals surface area contributed by atoms with Crippen LogP contribution in [0.1, 0.15) is 26.7 Å². The lowest BCUT2D eigenvalue weighted by Crippen LogP contribution is -2.10. The summed E-state index contributed by atoms with van der Waals surface area (Å²) in [6.07, 6.45) is 3.59. The first-order chi connectivity index (χ1) is 9.74. The van der Waals surface area contributed by atoms with Crippen LogP contribution in [-0.2, 0) is 0 Å². The Morgan fingerprint density at radius 1 is 1.35 bits per heavy atom. The van der Waals surface area contributed by atoms with Gasteiger partial charge >= 0.3 is 0 Å². The Hall–Kier alpha value is -1.89. The zero-order valence-corrected chi connectivity index (χ0v) is 12.0. The van der Waals surface area contributed by atoms with E-state index in [1.165, 1.54) is 0 Å².